The third-order valence-corrected chi connectivity index (χ3v) is 5.68. The molecule has 1 aromatic rings. The highest BCUT2D eigenvalue weighted by atomic mass is 16.5. The molecule has 2 atom stereocenters. The van der Waals surface area contributed by atoms with Crippen molar-refractivity contribution in [3.63, 3.8) is 0 Å². The van der Waals surface area contributed by atoms with Gasteiger partial charge in [0, 0.05) is 13.0 Å². The van der Waals surface area contributed by atoms with Crippen molar-refractivity contribution in [2.24, 2.45) is 0 Å². The van der Waals surface area contributed by atoms with Crippen LogP contribution in [0.1, 0.15) is 63.9 Å². The van der Waals surface area contributed by atoms with E-state index in [0.717, 1.165) is 43.4 Å². The number of nitrogens with zero attached hydrogens (tertiary/aromatic N) is 1. The summed E-state index contributed by atoms with van der Waals surface area (Å²) < 4.78 is 11.7. The average Bonchev–Trinajstić information content (AvgIpc) is 3.14. The maximum Gasteiger partial charge on any atom is 0.217 e. The predicted molar refractivity (Wildman–Crippen MR) is 99.2 cm³/mol. The molecule has 0 aromatic heterocycles. The number of hydrogen-bond donors (Lipinski definition) is 1. The Kier molecular flexibility index (Phi) is 5.70. The van der Waals surface area contributed by atoms with Crippen molar-refractivity contribution in [1.82, 2.24) is 5.32 Å². The molecule has 2 fully saturated rings. The summed E-state index contributed by atoms with van der Waals surface area (Å²) in [5.41, 5.74) is 0.370. The van der Waals surface area contributed by atoms with Gasteiger partial charge in [0.1, 0.15) is 0 Å². The van der Waals surface area contributed by atoms with Crippen LogP contribution in [0.5, 0.6) is 11.5 Å². The Morgan fingerprint density at radius 3 is 2.65 bits per heavy atom. The molecular weight excluding hydrogens is 328 g/mol. The third kappa shape index (κ3) is 3.95. The van der Waals surface area contributed by atoms with E-state index in [-0.39, 0.29) is 18.1 Å². The maximum absolute atomic E-state index is 11.4. The van der Waals surface area contributed by atoms with Crippen molar-refractivity contribution >= 4 is 5.91 Å². The summed E-state index contributed by atoms with van der Waals surface area (Å²) in [6.45, 7) is 1.53. The van der Waals surface area contributed by atoms with Gasteiger partial charge in [-0.15, -0.1) is 0 Å². The Bertz CT molecular complexity index is 691. The van der Waals surface area contributed by atoms with Crippen molar-refractivity contribution in [2.75, 3.05) is 7.11 Å². The molecule has 2 aliphatic rings. The number of nitrogens with one attached hydrogen (secondary N) is 1. The second kappa shape index (κ2) is 7.99. The SMILES string of the molecule is COc1ccc(C2(C#N)CCC[C@H](NC(C)=O)C2)cc1OC1CCCC1. The minimum Gasteiger partial charge on any atom is -0.493 e. The van der Waals surface area contributed by atoms with Crippen molar-refractivity contribution in [2.45, 2.75) is 75.9 Å². The van der Waals surface area contributed by atoms with Crippen molar-refractivity contribution in [3.8, 4) is 17.6 Å². The minimum absolute atomic E-state index is 0.0382. The van der Waals surface area contributed by atoms with E-state index >= 15 is 0 Å². The van der Waals surface area contributed by atoms with Gasteiger partial charge in [0.05, 0.1) is 24.7 Å². The Morgan fingerprint density at radius 2 is 2.00 bits per heavy atom. The van der Waals surface area contributed by atoms with Crippen molar-refractivity contribution in [3.05, 3.63) is 23.8 Å². The summed E-state index contributed by atoms with van der Waals surface area (Å²) in [6.07, 6.45) is 8.06. The van der Waals surface area contributed by atoms with E-state index in [9.17, 15) is 10.1 Å². The molecule has 0 bridgehead atoms. The van der Waals surface area contributed by atoms with Crippen LogP contribution in [0.4, 0.5) is 0 Å². The fourth-order valence-electron chi connectivity index (χ4n) is 4.37. The number of carbonyl (C=O) groups is 1. The Hall–Kier alpha value is -2.22. The first-order chi connectivity index (χ1) is 12.6. The monoisotopic (exact) mass is 356 g/mol. The molecule has 1 aromatic carbocycles. The first-order valence-electron chi connectivity index (χ1n) is 9.60. The van der Waals surface area contributed by atoms with Crippen LogP contribution < -0.4 is 14.8 Å². The molecule has 0 aliphatic heterocycles. The number of amides is 1. The fourth-order valence-corrected chi connectivity index (χ4v) is 4.37. The Morgan fingerprint density at radius 1 is 1.23 bits per heavy atom. The quantitative estimate of drug-likeness (QED) is 0.870. The number of ether oxygens (including phenoxy) is 2. The van der Waals surface area contributed by atoms with Gasteiger partial charge >= 0.3 is 0 Å². The molecule has 2 aliphatic carbocycles. The molecule has 5 nitrogen and oxygen atoms in total. The van der Waals surface area contributed by atoms with E-state index in [1.807, 2.05) is 18.2 Å². The predicted octanol–water partition coefficient (Wildman–Crippen LogP) is 3.86. The van der Waals surface area contributed by atoms with E-state index < -0.39 is 5.41 Å². The molecule has 5 heteroatoms. The molecule has 1 N–H and O–H groups in total. The zero-order valence-corrected chi connectivity index (χ0v) is 15.7. The Balaban J connectivity index is 1.87. The summed E-state index contributed by atoms with van der Waals surface area (Å²) in [4.78, 5) is 11.4. The van der Waals surface area contributed by atoms with E-state index in [1.54, 1.807) is 7.11 Å². The maximum atomic E-state index is 11.4. The highest BCUT2D eigenvalue weighted by Gasteiger charge is 2.39. The number of carbonyl (C=O) groups excluding carboxylic acids is 1. The molecular formula is C21H28N2O3. The van der Waals surface area contributed by atoms with Crippen LogP contribution in [-0.4, -0.2) is 25.2 Å². The van der Waals surface area contributed by atoms with Gasteiger partial charge in [-0.1, -0.05) is 6.07 Å². The summed E-state index contributed by atoms with van der Waals surface area (Å²) in [5.74, 6) is 1.40. The standard InChI is InChI=1S/C21H28N2O3/c1-15(24)23-17-6-5-11-21(13-17,14-22)16-9-10-19(25-2)20(12-16)26-18-7-3-4-8-18/h9-10,12,17-18H,3-8,11,13H2,1-2H3,(H,23,24)/t17-,21?/m0/s1. The molecule has 26 heavy (non-hydrogen) atoms. The van der Waals surface area contributed by atoms with Crippen molar-refractivity contribution < 1.29 is 14.3 Å². The van der Waals surface area contributed by atoms with Gasteiger partial charge in [0.15, 0.2) is 11.5 Å². The van der Waals surface area contributed by atoms with E-state index in [1.165, 1.54) is 19.8 Å². The normalized spacial score (nSPS) is 26.1. The second-order valence-electron chi connectivity index (χ2n) is 7.58. The molecule has 140 valence electrons. The summed E-state index contributed by atoms with van der Waals surface area (Å²) in [6, 6.07) is 8.45. The van der Waals surface area contributed by atoms with E-state index in [0.29, 0.717) is 12.2 Å². The van der Waals surface area contributed by atoms with Crippen LogP contribution in [-0.2, 0) is 10.2 Å². The molecule has 0 saturated heterocycles. The lowest BCUT2D eigenvalue weighted by Crippen LogP contribution is -2.43. The number of methoxy groups -OCH3 is 1. The summed E-state index contributed by atoms with van der Waals surface area (Å²) >= 11 is 0. The van der Waals surface area contributed by atoms with Gasteiger partial charge in [-0.3, -0.25) is 4.79 Å². The highest BCUT2D eigenvalue weighted by molar-refractivity contribution is 5.73. The van der Waals surface area contributed by atoms with Crippen LogP contribution in [0.2, 0.25) is 0 Å². The average molecular weight is 356 g/mol. The van der Waals surface area contributed by atoms with Crippen LogP contribution in [0, 0.1) is 11.3 Å². The van der Waals surface area contributed by atoms with Gasteiger partial charge in [-0.05, 0) is 69.1 Å². The zero-order valence-electron chi connectivity index (χ0n) is 15.7. The smallest absolute Gasteiger partial charge is 0.217 e. The van der Waals surface area contributed by atoms with Gasteiger partial charge in [0.2, 0.25) is 5.91 Å². The summed E-state index contributed by atoms with van der Waals surface area (Å²) in [7, 11) is 1.64. The number of nitriles is 1. The first-order valence-corrected chi connectivity index (χ1v) is 9.60. The highest BCUT2D eigenvalue weighted by Crippen LogP contribution is 2.42. The molecule has 2 saturated carbocycles. The molecule has 1 amide bonds. The molecule has 0 spiro atoms. The largest absolute Gasteiger partial charge is 0.493 e. The van der Waals surface area contributed by atoms with Gasteiger partial charge in [-0.25, -0.2) is 0 Å². The van der Waals surface area contributed by atoms with E-state index in [2.05, 4.69) is 11.4 Å². The lowest BCUT2D eigenvalue weighted by Gasteiger charge is -2.36. The zero-order chi connectivity index (χ0) is 18.6. The van der Waals surface area contributed by atoms with Crippen molar-refractivity contribution in [1.29, 1.82) is 5.26 Å². The van der Waals surface area contributed by atoms with Gasteiger partial charge in [-0.2, -0.15) is 5.26 Å². The topological polar surface area (TPSA) is 71.3 Å². The number of hydrogen-bond acceptors (Lipinski definition) is 4. The third-order valence-electron chi connectivity index (χ3n) is 5.68. The fraction of sp³-hybridized carbons (Fsp3) is 0.619. The Labute approximate surface area is 155 Å². The molecule has 0 radical (unpaired) electrons. The lowest BCUT2D eigenvalue weighted by molar-refractivity contribution is -0.119. The van der Waals surface area contributed by atoms with Gasteiger partial charge in [0.25, 0.3) is 0 Å². The van der Waals surface area contributed by atoms with Crippen LogP contribution >= 0.6 is 0 Å². The number of benzene rings is 1. The minimum atomic E-state index is -0.592. The molecule has 3 rings (SSSR count). The van der Waals surface area contributed by atoms with E-state index in [4.69, 9.17) is 9.47 Å². The number of rotatable bonds is 5. The second-order valence-corrected chi connectivity index (χ2v) is 7.58. The lowest BCUT2D eigenvalue weighted by atomic mass is 9.68. The first kappa shape index (κ1) is 18.6. The summed E-state index contributed by atoms with van der Waals surface area (Å²) in [5, 5.41) is 13.0. The molecule has 0 heterocycles. The van der Waals surface area contributed by atoms with Gasteiger partial charge < -0.3 is 14.8 Å². The van der Waals surface area contributed by atoms with Crippen LogP contribution in [0.3, 0.4) is 0 Å². The van der Waals surface area contributed by atoms with Crippen LogP contribution in [0.25, 0.3) is 0 Å². The molecule has 1 unspecified atom stereocenters. The van der Waals surface area contributed by atoms with Crippen LogP contribution in [0.15, 0.2) is 18.2 Å².